The van der Waals surface area contributed by atoms with E-state index in [1.165, 1.54) is 12.0 Å². The number of rotatable bonds is 7. The molecule has 0 bridgehead atoms. The molecule has 3 aromatic rings. The van der Waals surface area contributed by atoms with Crippen molar-refractivity contribution in [2.24, 2.45) is 0 Å². The molecule has 9 heteroatoms. The van der Waals surface area contributed by atoms with Crippen molar-refractivity contribution in [3.8, 4) is 5.75 Å². The van der Waals surface area contributed by atoms with Gasteiger partial charge in [0.05, 0.1) is 30.6 Å². The van der Waals surface area contributed by atoms with E-state index in [0.29, 0.717) is 42.6 Å². The number of imidazole rings is 1. The van der Waals surface area contributed by atoms with Crippen molar-refractivity contribution in [3.05, 3.63) is 89.0 Å². The number of aryl methyl sites for hydroxylation is 1. The van der Waals surface area contributed by atoms with Gasteiger partial charge in [-0.15, -0.1) is 0 Å². The van der Waals surface area contributed by atoms with Crippen molar-refractivity contribution in [2.75, 3.05) is 13.7 Å². The molecule has 2 atom stereocenters. The molecular formula is C28H27N3O6. The Hall–Kier alpha value is -4.40. The lowest BCUT2D eigenvalue weighted by molar-refractivity contribution is -0.139. The first-order valence-corrected chi connectivity index (χ1v) is 12.1. The Kier molecular flexibility index (Phi) is 6.52. The molecule has 9 nitrogen and oxygen atoms in total. The van der Waals surface area contributed by atoms with Gasteiger partial charge in [0.2, 0.25) is 0 Å². The number of ether oxygens (including phenoxy) is 2. The van der Waals surface area contributed by atoms with E-state index < -0.39 is 23.7 Å². The maximum Gasteiger partial charge on any atom is 0.337 e. The summed E-state index contributed by atoms with van der Waals surface area (Å²) in [5.41, 5.74) is 2.35. The zero-order chi connectivity index (χ0) is 26.1. The fourth-order valence-corrected chi connectivity index (χ4v) is 4.94. The van der Waals surface area contributed by atoms with Crippen LogP contribution in [0, 0.1) is 0 Å². The summed E-state index contributed by atoms with van der Waals surface area (Å²) in [5, 5.41) is 11.4. The molecule has 2 aliphatic heterocycles. The lowest BCUT2D eigenvalue weighted by Gasteiger charge is -2.25. The molecule has 5 rings (SSSR count). The van der Waals surface area contributed by atoms with Gasteiger partial charge < -0.3 is 24.0 Å². The summed E-state index contributed by atoms with van der Waals surface area (Å²) < 4.78 is 12.4. The highest BCUT2D eigenvalue weighted by Gasteiger charge is 2.46. The molecular weight excluding hydrogens is 474 g/mol. The Balaban J connectivity index is 1.53. The third-order valence-corrected chi connectivity index (χ3v) is 6.73. The monoisotopic (exact) mass is 501 g/mol. The average Bonchev–Trinajstić information content (AvgIpc) is 3.62. The Labute approximate surface area is 213 Å². The number of carbonyl (C=O) groups excluding carboxylic acids is 3. The van der Waals surface area contributed by atoms with E-state index >= 15 is 0 Å². The van der Waals surface area contributed by atoms with Crippen LogP contribution in [0.25, 0.3) is 5.76 Å². The van der Waals surface area contributed by atoms with Crippen LogP contribution in [-0.4, -0.2) is 57.0 Å². The lowest BCUT2D eigenvalue weighted by Crippen LogP contribution is -2.31. The number of fused-ring (bicyclic) bond motifs is 1. The van der Waals surface area contributed by atoms with Crippen LogP contribution in [0.3, 0.4) is 0 Å². The van der Waals surface area contributed by atoms with Crippen molar-refractivity contribution >= 4 is 23.4 Å². The molecule has 3 heterocycles. The van der Waals surface area contributed by atoms with Gasteiger partial charge in [0.1, 0.15) is 17.6 Å². The zero-order valence-electron chi connectivity index (χ0n) is 20.6. The molecule has 190 valence electrons. The maximum absolute atomic E-state index is 13.3. The van der Waals surface area contributed by atoms with Crippen molar-refractivity contribution in [1.82, 2.24) is 14.5 Å². The van der Waals surface area contributed by atoms with Gasteiger partial charge in [0.15, 0.2) is 0 Å². The number of methoxy groups -OCH3 is 1. The molecule has 2 unspecified atom stereocenters. The van der Waals surface area contributed by atoms with Gasteiger partial charge in [-0.1, -0.05) is 12.1 Å². The number of Topliss-reactive ketones (excluding diaryl/α,β-unsaturated/α-hetero) is 1. The van der Waals surface area contributed by atoms with Crippen molar-refractivity contribution < 1.29 is 29.0 Å². The standard InChI is InChI=1S/C28H27N3O6/c1-17-14-21-15-20(8-9-22(21)37-17)25(32)23-24(18-4-6-19(7-5-18)28(35)36-2)31(27(34)26(23)33)12-3-11-30-13-10-29-16-30/h4-10,13,15-17,24,32H,3,11-12,14H2,1-2H3/b25-23+. The number of aliphatic hydroxyl groups excluding tert-OH is 1. The summed E-state index contributed by atoms with van der Waals surface area (Å²) in [7, 11) is 1.30. The van der Waals surface area contributed by atoms with Crippen molar-refractivity contribution in [1.29, 1.82) is 0 Å². The number of esters is 1. The van der Waals surface area contributed by atoms with Crippen LogP contribution >= 0.6 is 0 Å². The summed E-state index contributed by atoms with van der Waals surface area (Å²) >= 11 is 0. The SMILES string of the molecule is COC(=O)c1ccc(C2/C(=C(\O)c3ccc4c(c3)CC(C)O4)C(=O)C(=O)N2CCCn2ccnc2)cc1. The van der Waals surface area contributed by atoms with Gasteiger partial charge in [0.25, 0.3) is 11.7 Å². The molecule has 1 saturated heterocycles. The van der Waals surface area contributed by atoms with E-state index in [1.807, 2.05) is 17.7 Å². The van der Waals surface area contributed by atoms with Crippen LogP contribution in [0.15, 0.2) is 66.8 Å². The summed E-state index contributed by atoms with van der Waals surface area (Å²) in [6, 6.07) is 11.0. The largest absolute Gasteiger partial charge is 0.507 e. The number of aliphatic hydroxyl groups is 1. The van der Waals surface area contributed by atoms with E-state index in [2.05, 4.69) is 4.98 Å². The number of hydrogen-bond donors (Lipinski definition) is 1. The minimum absolute atomic E-state index is 0.0189. The Morgan fingerprint density at radius 1 is 1.14 bits per heavy atom. The first-order chi connectivity index (χ1) is 17.9. The van der Waals surface area contributed by atoms with Gasteiger partial charge in [-0.3, -0.25) is 9.59 Å². The third-order valence-electron chi connectivity index (χ3n) is 6.73. The third kappa shape index (κ3) is 4.60. The van der Waals surface area contributed by atoms with Gasteiger partial charge in [0, 0.05) is 37.5 Å². The highest BCUT2D eigenvalue weighted by atomic mass is 16.5. The smallest absolute Gasteiger partial charge is 0.337 e. The van der Waals surface area contributed by atoms with E-state index in [1.54, 1.807) is 55.0 Å². The fourth-order valence-electron chi connectivity index (χ4n) is 4.94. The van der Waals surface area contributed by atoms with Crippen molar-refractivity contribution in [2.45, 2.75) is 38.5 Å². The van der Waals surface area contributed by atoms with Crippen LogP contribution in [0.1, 0.15) is 46.4 Å². The molecule has 0 spiro atoms. The number of amides is 1. The van der Waals surface area contributed by atoms with Gasteiger partial charge >= 0.3 is 5.97 Å². The Morgan fingerprint density at radius 2 is 1.89 bits per heavy atom. The van der Waals surface area contributed by atoms with Gasteiger partial charge in [-0.05, 0) is 54.8 Å². The maximum atomic E-state index is 13.3. The molecule has 2 aromatic carbocycles. The molecule has 0 saturated carbocycles. The van der Waals surface area contributed by atoms with Gasteiger partial charge in [-0.25, -0.2) is 9.78 Å². The number of benzene rings is 2. The predicted octanol–water partition coefficient (Wildman–Crippen LogP) is 3.51. The zero-order valence-corrected chi connectivity index (χ0v) is 20.6. The van der Waals surface area contributed by atoms with Crippen LogP contribution in [0.4, 0.5) is 0 Å². The summed E-state index contributed by atoms with van der Waals surface area (Å²) in [6.45, 7) is 2.87. The van der Waals surface area contributed by atoms with Crippen LogP contribution in [-0.2, 0) is 27.3 Å². The molecule has 37 heavy (non-hydrogen) atoms. The van der Waals surface area contributed by atoms with E-state index in [0.717, 1.165) is 11.3 Å². The molecule has 0 radical (unpaired) electrons. The Bertz CT molecular complexity index is 1380. The summed E-state index contributed by atoms with van der Waals surface area (Å²) in [6.07, 6.45) is 6.50. The molecule has 0 aliphatic carbocycles. The lowest BCUT2D eigenvalue weighted by atomic mass is 9.94. The molecule has 1 aromatic heterocycles. The highest BCUT2D eigenvalue weighted by Crippen LogP contribution is 2.40. The minimum atomic E-state index is -0.807. The molecule has 1 fully saturated rings. The Morgan fingerprint density at radius 3 is 2.59 bits per heavy atom. The number of hydrogen-bond acceptors (Lipinski definition) is 7. The highest BCUT2D eigenvalue weighted by molar-refractivity contribution is 6.46. The normalized spacial score (nSPS) is 20.1. The van der Waals surface area contributed by atoms with E-state index in [4.69, 9.17) is 9.47 Å². The van der Waals surface area contributed by atoms with Crippen LogP contribution in [0.5, 0.6) is 5.75 Å². The molecule has 2 aliphatic rings. The van der Waals surface area contributed by atoms with Gasteiger partial charge in [-0.2, -0.15) is 0 Å². The predicted molar refractivity (Wildman–Crippen MR) is 134 cm³/mol. The number of likely N-dealkylation sites (tertiary alicyclic amines) is 1. The fraction of sp³-hybridized carbons (Fsp3) is 0.286. The number of ketones is 1. The van der Waals surface area contributed by atoms with Crippen molar-refractivity contribution in [3.63, 3.8) is 0 Å². The summed E-state index contributed by atoms with van der Waals surface area (Å²) in [4.78, 5) is 43.9. The topological polar surface area (TPSA) is 111 Å². The molecule has 1 N–H and O–H groups in total. The number of nitrogens with zero attached hydrogens (tertiary/aromatic N) is 3. The second-order valence-corrected chi connectivity index (χ2v) is 9.22. The first kappa shape index (κ1) is 24.3. The minimum Gasteiger partial charge on any atom is -0.507 e. The average molecular weight is 502 g/mol. The molecule has 1 amide bonds. The number of carbonyl (C=O) groups is 3. The van der Waals surface area contributed by atoms with E-state index in [-0.39, 0.29) is 17.4 Å². The second kappa shape index (κ2) is 9.93. The van der Waals surface area contributed by atoms with Crippen LogP contribution in [0.2, 0.25) is 0 Å². The quantitative estimate of drug-likeness (QED) is 0.228. The van der Waals surface area contributed by atoms with E-state index in [9.17, 15) is 19.5 Å². The van der Waals surface area contributed by atoms with Crippen LogP contribution < -0.4 is 4.74 Å². The number of aromatic nitrogens is 2. The first-order valence-electron chi connectivity index (χ1n) is 12.1. The summed E-state index contributed by atoms with van der Waals surface area (Å²) in [5.74, 6) is -1.39. The second-order valence-electron chi connectivity index (χ2n) is 9.22.